The molecule has 2 N–H and O–H groups in total. The molecule has 2 rings (SSSR count). The highest BCUT2D eigenvalue weighted by atomic mass is 32.2. The van der Waals surface area contributed by atoms with Crippen LogP contribution < -0.4 is 9.88 Å². The van der Waals surface area contributed by atoms with Gasteiger partial charge in [-0.2, -0.15) is 0 Å². The Kier molecular flexibility index (Phi) is 4.26. The smallest absolute Gasteiger partial charge is 0.257 e. The van der Waals surface area contributed by atoms with E-state index in [4.69, 9.17) is 14.6 Å². The number of methoxy groups -OCH3 is 1. The van der Waals surface area contributed by atoms with Gasteiger partial charge < -0.3 is 14.4 Å². The van der Waals surface area contributed by atoms with Crippen LogP contribution in [0.3, 0.4) is 0 Å². The second-order valence-corrected chi connectivity index (χ2v) is 5.87. The molecular formula is C12H16N2O5S. The van der Waals surface area contributed by atoms with Crippen LogP contribution in [0.25, 0.3) is 0 Å². The van der Waals surface area contributed by atoms with Crippen LogP contribution >= 0.6 is 0 Å². The number of benzene rings is 1. The highest BCUT2D eigenvalue weighted by Crippen LogP contribution is 2.23. The number of nitrogens with two attached hydrogens (primary N) is 1. The number of hydrogen-bond acceptors (Lipinski definition) is 5. The molecule has 1 amide bonds. The van der Waals surface area contributed by atoms with Crippen LogP contribution in [0, 0.1) is 0 Å². The molecule has 0 aliphatic carbocycles. The van der Waals surface area contributed by atoms with E-state index in [-0.39, 0.29) is 16.4 Å². The topological polar surface area (TPSA) is 98.9 Å². The van der Waals surface area contributed by atoms with Gasteiger partial charge in [0.05, 0.1) is 30.8 Å². The van der Waals surface area contributed by atoms with Gasteiger partial charge in [-0.25, -0.2) is 13.6 Å². The van der Waals surface area contributed by atoms with Crippen molar-refractivity contribution in [3.63, 3.8) is 0 Å². The van der Waals surface area contributed by atoms with E-state index in [1.807, 2.05) is 0 Å². The van der Waals surface area contributed by atoms with Gasteiger partial charge in [0.15, 0.2) is 0 Å². The summed E-state index contributed by atoms with van der Waals surface area (Å²) in [7, 11) is -2.45. The molecule has 0 aromatic heterocycles. The summed E-state index contributed by atoms with van der Waals surface area (Å²) in [6.07, 6.45) is 0. The SMILES string of the molecule is COc1ccc(S(N)(=O)=O)cc1C(=O)N1CCOCC1. The van der Waals surface area contributed by atoms with E-state index in [1.54, 1.807) is 4.90 Å². The zero-order valence-electron chi connectivity index (χ0n) is 11.0. The summed E-state index contributed by atoms with van der Waals surface area (Å²) in [5, 5.41) is 5.08. The number of sulfonamides is 1. The summed E-state index contributed by atoms with van der Waals surface area (Å²) in [6.45, 7) is 1.84. The molecule has 1 fully saturated rings. The number of carbonyl (C=O) groups excluding carboxylic acids is 1. The molecule has 0 unspecified atom stereocenters. The predicted molar refractivity (Wildman–Crippen MR) is 71.1 cm³/mol. The molecule has 0 atom stereocenters. The normalized spacial score (nSPS) is 16.0. The average Bonchev–Trinajstić information content (AvgIpc) is 2.45. The fraction of sp³-hybridized carbons (Fsp3) is 0.417. The number of rotatable bonds is 3. The Hall–Kier alpha value is -1.64. The van der Waals surface area contributed by atoms with Crippen LogP contribution in [0.2, 0.25) is 0 Å². The van der Waals surface area contributed by atoms with Gasteiger partial charge >= 0.3 is 0 Å². The van der Waals surface area contributed by atoms with Gasteiger partial charge in [-0.3, -0.25) is 4.79 Å². The third-order valence-corrected chi connectivity index (χ3v) is 3.94. The van der Waals surface area contributed by atoms with Crippen molar-refractivity contribution in [1.82, 2.24) is 4.90 Å². The predicted octanol–water partition coefficient (Wildman–Crippen LogP) is -0.185. The van der Waals surface area contributed by atoms with Crippen molar-refractivity contribution in [2.24, 2.45) is 5.14 Å². The second kappa shape index (κ2) is 5.78. The van der Waals surface area contributed by atoms with Gasteiger partial charge in [0.2, 0.25) is 10.0 Å². The van der Waals surface area contributed by atoms with Crippen molar-refractivity contribution in [2.45, 2.75) is 4.90 Å². The molecule has 1 heterocycles. The van der Waals surface area contributed by atoms with E-state index in [0.717, 1.165) is 0 Å². The summed E-state index contributed by atoms with van der Waals surface area (Å²) < 4.78 is 33.0. The Labute approximate surface area is 117 Å². The van der Waals surface area contributed by atoms with E-state index >= 15 is 0 Å². The third-order valence-electron chi connectivity index (χ3n) is 3.03. The molecule has 110 valence electrons. The molecule has 1 aromatic rings. The van der Waals surface area contributed by atoms with Crippen LogP contribution in [0.5, 0.6) is 5.75 Å². The Morgan fingerprint density at radius 1 is 1.35 bits per heavy atom. The molecule has 1 aliphatic heterocycles. The number of morpholine rings is 1. The first-order valence-corrected chi connectivity index (χ1v) is 7.56. The lowest BCUT2D eigenvalue weighted by atomic mass is 10.1. The fourth-order valence-electron chi connectivity index (χ4n) is 1.97. The Morgan fingerprint density at radius 3 is 2.55 bits per heavy atom. The van der Waals surface area contributed by atoms with E-state index in [9.17, 15) is 13.2 Å². The van der Waals surface area contributed by atoms with Crippen molar-refractivity contribution >= 4 is 15.9 Å². The molecule has 7 nitrogen and oxygen atoms in total. The highest BCUT2D eigenvalue weighted by molar-refractivity contribution is 7.89. The first-order chi connectivity index (χ1) is 9.43. The summed E-state index contributed by atoms with van der Waals surface area (Å²) in [5.41, 5.74) is 0.181. The van der Waals surface area contributed by atoms with Gasteiger partial charge in [-0.15, -0.1) is 0 Å². The first-order valence-electron chi connectivity index (χ1n) is 6.01. The minimum absolute atomic E-state index is 0.116. The van der Waals surface area contributed by atoms with E-state index < -0.39 is 10.0 Å². The van der Waals surface area contributed by atoms with Gasteiger partial charge in [0.25, 0.3) is 5.91 Å². The molecule has 1 aromatic carbocycles. The minimum atomic E-state index is -3.87. The molecule has 0 spiro atoms. The molecule has 1 aliphatic rings. The first kappa shape index (κ1) is 14.8. The van der Waals surface area contributed by atoms with Gasteiger partial charge in [-0.05, 0) is 18.2 Å². The fourth-order valence-corrected chi connectivity index (χ4v) is 2.51. The van der Waals surface area contributed by atoms with Gasteiger partial charge in [-0.1, -0.05) is 0 Å². The molecule has 8 heteroatoms. The number of amides is 1. The standard InChI is InChI=1S/C12H16N2O5S/c1-18-11-3-2-9(20(13,16)17)8-10(11)12(15)14-4-6-19-7-5-14/h2-3,8H,4-7H2,1H3,(H2,13,16,17). The Morgan fingerprint density at radius 2 is 2.00 bits per heavy atom. The molecule has 1 saturated heterocycles. The molecule has 20 heavy (non-hydrogen) atoms. The van der Waals surface area contributed by atoms with Crippen LogP contribution in [-0.2, 0) is 14.8 Å². The largest absolute Gasteiger partial charge is 0.496 e. The van der Waals surface area contributed by atoms with E-state index in [1.165, 1.54) is 25.3 Å². The maximum atomic E-state index is 12.4. The summed E-state index contributed by atoms with van der Waals surface area (Å²) in [4.78, 5) is 13.9. The lowest BCUT2D eigenvalue weighted by Crippen LogP contribution is -2.40. The highest BCUT2D eigenvalue weighted by Gasteiger charge is 2.23. The van der Waals surface area contributed by atoms with Crippen LogP contribution in [0.4, 0.5) is 0 Å². The maximum Gasteiger partial charge on any atom is 0.257 e. The summed E-state index contributed by atoms with van der Waals surface area (Å²) >= 11 is 0. The van der Waals surface area contributed by atoms with Gasteiger partial charge in [0, 0.05) is 13.1 Å². The van der Waals surface area contributed by atoms with Crippen LogP contribution in [-0.4, -0.2) is 52.6 Å². The number of hydrogen-bond donors (Lipinski definition) is 1. The third kappa shape index (κ3) is 3.09. The molecule has 0 saturated carbocycles. The number of primary sulfonamides is 1. The van der Waals surface area contributed by atoms with Gasteiger partial charge in [0.1, 0.15) is 5.75 Å². The summed E-state index contributed by atoms with van der Waals surface area (Å²) in [6, 6.07) is 3.98. The second-order valence-electron chi connectivity index (χ2n) is 4.31. The van der Waals surface area contributed by atoms with E-state index in [0.29, 0.717) is 32.1 Å². The monoisotopic (exact) mass is 300 g/mol. The average molecular weight is 300 g/mol. The van der Waals surface area contributed by atoms with Crippen LogP contribution in [0.1, 0.15) is 10.4 Å². The van der Waals surface area contributed by atoms with Crippen LogP contribution in [0.15, 0.2) is 23.1 Å². The Balaban J connectivity index is 2.39. The quantitative estimate of drug-likeness (QED) is 0.834. The zero-order valence-corrected chi connectivity index (χ0v) is 11.9. The maximum absolute atomic E-state index is 12.4. The van der Waals surface area contributed by atoms with Crippen molar-refractivity contribution in [1.29, 1.82) is 0 Å². The lowest BCUT2D eigenvalue weighted by molar-refractivity contribution is 0.0300. The number of ether oxygens (including phenoxy) is 2. The zero-order chi connectivity index (χ0) is 14.8. The van der Waals surface area contributed by atoms with Crippen molar-refractivity contribution in [3.05, 3.63) is 23.8 Å². The van der Waals surface area contributed by atoms with Crippen molar-refractivity contribution in [3.8, 4) is 5.75 Å². The van der Waals surface area contributed by atoms with Crippen molar-refractivity contribution < 1.29 is 22.7 Å². The molecule has 0 radical (unpaired) electrons. The van der Waals surface area contributed by atoms with E-state index in [2.05, 4.69) is 0 Å². The summed E-state index contributed by atoms with van der Waals surface area (Å²) in [5.74, 6) is 0.0181. The molecular weight excluding hydrogens is 284 g/mol. The minimum Gasteiger partial charge on any atom is -0.496 e. The lowest BCUT2D eigenvalue weighted by Gasteiger charge is -2.27. The Bertz CT molecular complexity index is 608. The van der Waals surface area contributed by atoms with Crippen molar-refractivity contribution in [2.75, 3.05) is 33.4 Å². The number of nitrogens with zero attached hydrogens (tertiary/aromatic N) is 1. The molecule has 0 bridgehead atoms. The number of carbonyl (C=O) groups is 1.